The number of imidazole rings is 1. The van der Waals surface area contributed by atoms with Crippen LogP contribution in [-0.2, 0) is 47.5 Å². The molecule has 0 spiro atoms. The topological polar surface area (TPSA) is 244 Å². The Morgan fingerprint density at radius 1 is 1.07 bits per heavy atom. The monoisotopic (exact) mass is 657 g/mol. The van der Waals surface area contributed by atoms with Crippen LogP contribution in [0.25, 0.3) is 11.2 Å². The van der Waals surface area contributed by atoms with Crippen LogP contribution >= 0.6 is 7.82 Å². The summed E-state index contributed by atoms with van der Waals surface area (Å²) in [7, 11) is -4.16. The van der Waals surface area contributed by atoms with Crippen molar-refractivity contribution >= 4 is 37.2 Å². The van der Waals surface area contributed by atoms with Crippen molar-refractivity contribution in [3.8, 4) is 5.88 Å². The van der Waals surface area contributed by atoms with Crippen LogP contribution in [-0.4, -0.2) is 100 Å². The molecule has 19 nitrogen and oxygen atoms in total. The smallest absolute Gasteiger partial charge is 0.476 e. The first-order valence-corrected chi connectivity index (χ1v) is 14.4. The lowest BCUT2D eigenvalue weighted by Crippen LogP contribution is -2.57. The van der Waals surface area contributed by atoms with E-state index in [0.29, 0.717) is 0 Å². The van der Waals surface area contributed by atoms with Gasteiger partial charge in [-0.15, -0.1) is 0 Å². The lowest BCUT2D eigenvalue weighted by atomic mass is 10.0. The molecule has 0 aliphatic heterocycles. The molecule has 0 aliphatic carbocycles. The van der Waals surface area contributed by atoms with E-state index in [1.54, 1.807) is 6.92 Å². The fraction of sp³-hybridized carbons (Fsp3) is 0.696. The molecule has 0 bridgehead atoms. The van der Waals surface area contributed by atoms with Gasteiger partial charge in [-0.1, -0.05) is 0 Å². The Hall–Kier alpha value is -3.39. The Morgan fingerprint density at radius 2 is 1.61 bits per heavy atom. The highest BCUT2D eigenvalue weighted by molar-refractivity contribution is 7.48. The van der Waals surface area contributed by atoms with E-state index in [0.717, 1.165) is 24.9 Å². The number of phosphoric acid groups is 1. The van der Waals surface area contributed by atoms with Crippen LogP contribution in [0.1, 0.15) is 41.5 Å². The molecule has 0 aliphatic rings. The van der Waals surface area contributed by atoms with Crippen LogP contribution in [0.3, 0.4) is 0 Å². The van der Waals surface area contributed by atoms with Crippen molar-refractivity contribution in [2.45, 2.75) is 71.4 Å². The number of phosphoric ester groups is 1. The number of fused-ring (bicyclic) bond motifs is 1. The molecule has 0 saturated carbocycles. The summed E-state index contributed by atoms with van der Waals surface area (Å²) >= 11 is 0. The van der Waals surface area contributed by atoms with E-state index in [4.69, 9.17) is 38.3 Å². The van der Waals surface area contributed by atoms with Gasteiger partial charge in [0.1, 0.15) is 6.61 Å². The first-order valence-electron chi connectivity index (χ1n) is 13.0. The predicted molar refractivity (Wildman–Crippen MR) is 144 cm³/mol. The van der Waals surface area contributed by atoms with Crippen LogP contribution in [0.5, 0.6) is 5.88 Å². The van der Waals surface area contributed by atoms with Gasteiger partial charge in [-0.05, 0) is 41.5 Å². The second kappa shape index (κ2) is 15.6. The largest absolute Gasteiger partial charge is 0.510 e. The van der Waals surface area contributed by atoms with Gasteiger partial charge in [0, 0.05) is 7.11 Å². The number of ether oxygens (including phenoxy) is 6. The number of methoxy groups -OCH3 is 1. The first-order chi connectivity index (χ1) is 20.5. The van der Waals surface area contributed by atoms with Gasteiger partial charge in [0.2, 0.25) is 25.4 Å². The van der Waals surface area contributed by atoms with Crippen LogP contribution in [0.4, 0.5) is 19.9 Å². The van der Waals surface area contributed by atoms with E-state index < -0.39 is 70.2 Å². The molecule has 2 aromatic rings. The molecule has 0 saturated heterocycles. The van der Waals surface area contributed by atoms with Crippen molar-refractivity contribution in [3.63, 3.8) is 0 Å². The number of aliphatic hydroxyl groups excluding tert-OH is 1. The van der Waals surface area contributed by atoms with Crippen LogP contribution in [0.15, 0.2) is 6.33 Å². The maximum Gasteiger partial charge on any atom is 0.510 e. The van der Waals surface area contributed by atoms with Gasteiger partial charge in [0.15, 0.2) is 23.0 Å². The minimum absolute atomic E-state index is 0.0324. The zero-order chi connectivity index (χ0) is 33.3. The van der Waals surface area contributed by atoms with Crippen molar-refractivity contribution in [1.29, 1.82) is 0 Å². The number of hydrogen-bond donors (Lipinski definition) is 3. The molecule has 2 rings (SSSR count). The number of nitrogens with two attached hydrogens (primary N) is 1. The number of halogens is 1. The molecule has 3 atom stereocenters. The Morgan fingerprint density at radius 3 is 2.09 bits per heavy atom. The zero-order valence-corrected chi connectivity index (χ0v) is 26.0. The van der Waals surface area contributed by atoms with Crippen LogP contribution in [0.2, 0.25) is 0 Å². The minimum atomic E-state index is -4.97. The first kappa shape index (κ1) is 36.8. The lowest BCUT2D eigenvalue weighted by Gasteiger charge is -2.38. The minimum Gasteiger partial charge on any atom is -0.476 e. The second-order valence-corrected chi connectivity index (χ2v) is 11.1. The number of anilines is 1. The van der Waals surface area contributed by atoms with Crippen molar-refractivity contribution < 1.29 is 70.8 Å². The average molecular weight is 658 g/mol. The number of nitrogens with zero attached hydrogens (tertiary/aromatic N) is 4. The molecular weight excluding hydrogens is 620 g/mol. The van der Waals surface area contributed by atoms with Crippen LogP contribution in [0, 0.1) is 0 Å². The van der Waals surface area contributed by atoms with E-state index in [2.05, 4.69) is 24.4 Å². The number of rotatable bonds is 17. The van der Waals surface area contributed by atoms with Crippen LogP contribution < -0.4 is 10.5 Å². The Kier molecular flexibility index (Phi) is 13.0. The predicted octanol–water partition coefficient (Wildman–Crippen LogP) is 2.34. The molecule has 2 aromatic heterocycles. The molecule has 4 N–H and O–H groups in total. The van der Waals surface area contributed by atoms with Crippen molar-refractivity contribution in [1.82, 2.24) is 19.5 Å². The molecule has 250 valence electrons. The zero-order valence-electron chi connectivity index (χ0n) is 25.1. The number of carbonyl (C=O) groups is 2. The van der Waals surface area contributed by atoms with E-state index in [-0.39, 0.29) is 29.6 Å². The molecule has 2 heterocycles. The molecule has 0 amide bonds. The molecule has 0 fully saturated rings. The highest BCUT2D eigenvalue weighted by Crippen LogP contribution is 2.51. The van der Waals surface area contributed by atoms with E-state index >= 15 is 4.39 Å². The third kappa shape index (κ3) is 9.81. The Balaban J connectivity index is 2.28. The van der Waals surface area contributed by atoms with E-state index in [9.17, 15) is 24.4 Å². The summed E-state index contributed by atoms with van der Waals surface area (Å²) in [5.41, 5.74) is 3.03. The van der Waals surface area contributed by atoms with Gasteiger partial charge in [0.25, 0.3) is 5.85 Å². The summed E-state index contributed by atoms with van der Waals surface area (Å²) < 4.78 is 73.8. The average Bonchev–Trinajstić information content (AvgIpc) is 3.35. The third-order valence-corrected chi connectivity index (χ3v) is 6.56. The summed E-state index contributed by atoms with van der Waals surface area (Å²) in [5.74, 6) is -3.66. The van der Waals surface area contributed by atoms with Gasteiger partial charge in [-0.3, -0.25) is 9.09 Å². The number of aliphatic hydroxyl groups is 2. The van der Waals surface area contributed by atoms with E-state index in [1.165, 1.54) is 27.7 Å². The Bertz CT molecular complexity index is 1280. The number of carbonyl (C=O) groups excluding carboxylic acids is 2. The van der Waals surface area contributed by atoms with Gasteiger partial charge in [-0.25, -0.2) is 32.6 Å². The second-order valence-electron chi connectivity index (χ2n) is 9.43. The van der Waals surface area contributed by atoms with Gasteiger partial charge < -0.3 is 44.4 Å². The van der Waals surface area contributed by atoms with Gasteiger partial charge in [0.05, 0.1) is 25.1 Å². The SMILES string of the molecule is CCOc1nc(N)nc2c1ncn2[C@](C)(O)[C@H](O)[C@@](F)(COP(=O)(OCOC(=O)OC(C)C)OCOC(=O)OC(C)C)OC. The fourth-order valence-corrected chi connectivity index (χ4v) is 4.18. The summed E-state index contributed by atoms with van der Waals surface area (Å²) in [4.78, 5) is 35.2. The van der Waals surface area contributed by atoms with E-state index in [1.807, 2.05) is 0 Å². The highest BCUT2D eigenvalue weighted by Gasteiger charge is 2.52. The van der Waals surface area contributed by atoms with Gasteiger partial charge in [-0.2, -0.15) is 9.97 Å². The number of aromatic nitrogens is 4. The molecule has 21 heteroatoms. The molecule has 44 heavy (non-hydrogen) atoms. The summed E-state index contributed by atoms with van der Waals surface area (Å²) in [6.07, 6.45) is -5.06. The number of hydrogen-bond acceptors (Lipinski definition) is 18. The summed E-state index contributed by atoms with van der Waals surface area (Å²) in [6, 6.07) is 0. The molecule has 0 aromatic carbocycles. The highest BCUT2D eigenvalue weighted by atomic mass is 31.2. The lowest BCUT2D eigenvalue weighted by molar-refractivity contribution is -0.272. The summed E-state index contributed by atoms with van der Waals surface area (Å²) in [6.45, 7) is 5.37. The van der Waals surface area contributed by atoms with Gasteiger partial charge >= 0.3 is 20.1 Å². The standard InChI is InChI=1S/C23H37FN5O14P/c1-8-36-17-15-16(27-19(25)28-17)29(10-26-15)22(6,33)18(30)23(24,35-7)9-39-44(34,40-11-37-20(31)42-13(2)3)41-12-38-21(32)43-14(4)5/h10,13-14,18,30,33H,8-9,11-12H2,1-7H3,(H2,25,27,28)/t18-,22+,23+/m0/s1. The maximum atomic E-state index is 16.1. The quantitative estimate of drug-likeness (QED) is 0.125. The Labute approximate surface area is 251 Å². The fourth-order valence-electron chi connectivity index (χ4n) is 3.26. The molecule has 0 radical (unpaired) electrons. The number of nitrogen functional groups attached to an aromatic ring is 1. The third-order valence-electron chi connectivity index (χ3n) is 5.27. The maximum absolute atomic E-state index is 16.1. The molecular formula is C23H37FN5O14P. The molecule has 0 unspecified atom stereocenters. The van der Waals surface area contributed by atoms with Crippen molar-refractivity contribution in [3.05, 3.63) is 6.33 Å². The summed E-state index contributed by atoms with van der Waals surface area (Å²) in [5, 5.41) is 22.3. The van der Waals surface area contributed by atoms with Crippen molar-refractivity contribution in [2.24, 2.45) is 0 Å². The van der Waals surface area contributed by atoms with Crippen molar-refractivity contribution in [2.75, 3.05) is 39.6 Å². The number of alkyl halides is 1. The normalized spacial score (nSPS) is 15.5.